The van der Waals surface area contributed by atoms with Gasteiger partial charge in [-0.25, -0.2) is 4.98 Å². The maximum Gasteiger partial charge on any atom is 0.258 e. The number of aromatic nitrogens is 2. The molecule has 1 spiro atoms. The minimum atomic E-state index is -0.172. The average Bonchev–Trinajstić information content (AvgIpc) is 3.32. The second-order valence-electron chi connectivity index (χ2n) is 9.86. The molecule has 2 aliphatic carbocycles. The summed E-state index contributed by atoms with van der Waals surface area (Å²) >= 11 is 1.29. The van der Waals surface area contributed by atoms with Crippen LogP contribution in [0.25, 0.3) is 11.3 Å². The Morgan fingerprint density at radius 3 is 2.72 bits per heavy atom. The van der Waals surface area contributed by atoms with Crippen molar-refractivity contribution in [2.45, 2.75) is 56.1 Å². The van der Waals surface area contributed by atoms with Crippen molar-refractivity contribution in [2.24, 2.45) is 0 Å². The van der Waals surface area contributed by atoms with Crippen LogP contribution in [-0.4, -0.2) is 28.3 Å². The molecule has 1 saturated carbocycles. The van der Waals surface area contributed by atoms with E-state index in [1.165, 1.54) is 17.3 Å². The Labute approximate surface area is 215 Å². The molecule has 0 unspecified atom stereocenters. The molecule has 6 nitrogen and oxygen atoms in total. The number of benzene rings is 2. The third-order valence-corrected chi connectivity index (χ3v) is 8.12. The molecular formula is C29H31N3O3S. The molecule has 1 amide bonds. The summed E-state index contributed by atoms with van der Waals surface area (Å²) in [6.45, 7) is 6.35. The summed E-state index contributed by atoms with van der Waals surface area (Å²) in [7, 11) is 1.59. The molecule has 186 valence electrons. The minimum absolute atomic E-state index is 0.00936. The number of ether oxygens (including phenoxy) is 1. The molecule has 1 aromatic heterocycles. The van der Waals surface area contributed by atoms with Crippen molar-refractivity contribution in [1.82, 2.24) is 9.55 Å². The first kappa shape index (κ1) is 24.4. The van der Waals surface area contributed by atoms with Crippen molar-refractivity contribution in [3.8, 4) is 17.0 Å². The van der Waals surface area contributed by atoms with Gasteiger partial charge in [0.25, 0.3) is 5.56 Å². The van der Waals surface area contributed by atoms with Crippen LogP contribution in [0.5, 0.6) is 5.75 Å². The van der Waals surface area contributed by atoms with Crippen LogP contribution in [-0.2, 0) is 23.2 Å². The maximum absolute atomic E-state index is 14.1. The van der Waals surface area contributed by atoms with Gasteiger partial charge in [0.15, 0.2) is 5.16 Å². The standard InChI is InChI=1S/C29H31N3O3S/c1-19(2)17-32-27(34)25-26(23-12-5-4-9-20(23)16-29(25)13-6-7-14-29)31-28(32)36-18-24(33)30-21-10-8-11-22(15-21)35-3/h4-5,8-12,15H,1,6-7,13-14,16-18H2,2-3H3,(H,30,33). The van der Waals surface area contributed by atoms with Gasteiger partial charge in [-0.05, 0) is 43.9 Å². The molecule has 0 aliphatic heterocycles. The zero-order valence-electron chi connectivity index (χ0n) is 20.8. The summed E-state index contributed by atoms with van der Waals surface area (Å²) in [5, 5.41) is 3.46. The van der Waals surface area contributed by atoms with Crippen LogP contribution in [0.3, 0.4) is 0 Å². The van der Waals surface area contributed by atoms with E-state index < -0.39 is 0 Å². The van der Waals surface area contributed by atoms with E-state index in [2.05, 4.69) is 30.1 Å². The lowest BCUT2D eigenvalue weighted by molar-refractivity contribution is -0.113. The highest BCUT2D eigenvalue weighted by atomic mass is 32.2. The Hall–Kier alpha value is -3.32. The van der Waals surface area contributed by atoms with E-state index in [1.54, 1.807) is 17.7 Å². The maximum atomic E-state index is 14.1. The van der Waals surface area contributed by atoms with E-state index in [-0.39, 0.29) is 22.6 Å². The third kappa shape index (κ3) is 4.60. The van der Waals surface area contributed by atoms with Crippen molar-refractivity contribution >= 4 is 23.4 Å². The molecule has 0 bridgehead atoms. The van der Waals surface area contributed by atoms with Gasteiger partial charge in [-0.1, -0.05) is 67.1 Å². The van der Waals surface area contributed by atoms with E-state index in [1.807, 2.05) is 31.2 Å². The van der Waals surface area contributed by atoms with Gasteiger partial charge < -0.3 is 10.1 Å². The van der Waals surface area contributed by atoms with Crippen LogP contribution < -0.4 is 15.6 Å². The van der Waals surface area contributed by atoms with Gasteiger partial charge in [0.2, 0.25) is 5.91 Å². The Bertz CT molecular complexity index is 1390. The van der Waals surface area contributed by atoms with Crippen molar-refractivity contribution in [1.29, 1.82) is 0 Å². The number of carbonyl (C=O) groups is 1. The molecule has 0 atom stereocenters. The summed E-state index contributed by atoms with van der Waals surface area (Å²) in [6, 6.07) is 15.5. The number of anilines is 1. The number of fused-ring (bicyclic) bond motifs is 4. The number of hydrogen-bond donors (Lipinski definition) is 1. The number of amides is 1. The first-order chi connectivity index (χ1) is 17.4. The molecule has 3 aromatic rings. The van der Waals surface area contributed by atoms with Gasteiger partial charge in [0.1, 0.15) is 5.75 Å². The third-order valence-electron chi connectivity index (χ3n) is 7.14. The summed E-state index contributed by atoms with van der Waals surface area (Å²) in [5.74, 6) is 0.632. The zero-order valence-corrected chi connectivity index (χ0v) is 21.6. The number of allylic oxidation sites excluding steroid dienone is 1. The molecule has 0 radical (unpaired) electrons. The van der Waals surface area contributed by atoms with Gasteiger partial charge in [-0.2, -0.15) is 0 Å². The average molecular weight is 502 g/mol. The van der Waals surface area contributed by atoms with Crippen LogP contribution in [0.2, 0.25) is 0 Å². The lowest BCUT2D eigenvalue weighted by Gasteiger charge is -2.36. The molecular weight excluding hydrogens is 470 g/mol. The molecule has 0 saturated heterocycles. The second-order valence-corrected chi connectivity index (χ2v) is 10.8. The first-order valence-corrected chi connectivity index (χ1v) is 13.3. The van der Waals surface area contributed by atoms with Gasteiger partial charge in [-0.15, -0.1) is 0 Å². The van der Waals surface area contributed by atoms with Crippen molar-refractivity contribution in [3.05, 3.63) is 82.2 Å². The number of nitrogens with one attached hydrogen (secondary N) is 1. The summed E-state index contributed by atoms with van der Waals surface area (Å²) in [5.41, 5.74) is 5.32. The predicted molar refractivity (Wildman–Crippen MR) is 145 cm³/mol. The summed E-state index contributed by atoms with van der Waals surface area (Å²) in [4.78, 5) is 32.0. The van der Waals surface area contributed by atoms with Gasteiger partial charge in [0, 0.05) is 29.3 Å². The lowest BCUT2D eigenvalue weighted by Crippen LogP contribution is -2.40. The molecule has 1 N–H and O–H groups in total. The Morgan fingerprint density at radius 2 is 1.97 bits per heavy atom. The lowest BCUT2D eigenvalue weighted by atomic mass is 9.68. The highest BCUT2D eigenvalue weighted by molar-refractivity contribution is 7.99. The zero-order chi connectivity index (χ0) is 25.3. The Balaban J connectivity index is 1.52. The normalized spacial score (nSPS) is 15.3. The number of rotatable bonds is 7. The van der Waals surface area contributed by atoms with E-state index in [9.17, 15) is 9.59 Å². The van der Waals surface area contributed by atoms with E-state index in [0.29, 0.717) is 23.1 Å². The largest absolute Gasteiger partial charge is 0.497 e. The van der Waals surface area contributed by atoms with Crippen molar-refractivity contribution in [2.75, 3.05) is 18.2 Å². The number of hydrogen-bond acceptors (Lipinski definition) is 5. The number of methoxy groups -OCH3 is 1. The summed E-state index contributed by atoms with van der Waals surface area (Å²) < 4.78 is 6.96. The molecule has 36 heavy (non-hydrogen) atoms. The first-order valence-electron chi connectivity index (χ1n) is 12.3. The quantitative estimate of drug-likeness (QED) is 0.259. The van der Waals surface area contributed by atoms with Gasteiger partial charge in [0.05, 0.1) is 24.1 Å². The van der Waals surface area contributed by atoms with E-state index in [0.717, 1.165) is 54.5 Å². The molecule has 1 fully saturated rings. The van der Waals surface area contributed by atoms with Crippen LogP contribution in [0.1, 0.15) is 43.7 Å². The fourth-order valence-electron chi connectivity index (χ4n) is 5.59. The SMILES string of the molecule is C=C(C)Cn1c(SCC(=O)Nc2cccc(OC)c2)nc2c(c1=O)C1(CCCC1)Cc1ccccc1-2. The van der Waals surface area contributed by atoms with Gasteiger partial charge in [-0.3, -0.25) is 14.2 Å². The van der Waals surface area contributed by atoms with Crippen LogP contribution >= 0.6 is 11.8 Å². The van der Waals surface area contributed by atoms with Crippen LogP contribution in [0.15, 0.2) is 70.6 Å². The number of carbonyl (C=O) groups excluding carboxylic acids is 1. The second kappa shape index (κ2) is 9.97. The highest BCUT2D eigenvalue weighted by Crippen LogP contribution is 2.50. The van der Waals surface area contributed by atoms with Crippen molar-refractivity contribution in [3.63, 3.8) is 0 Å². The van der Waals surface area contributed by atoms with E-state index in [4.69, 9.17) is 9.72 Å². The Morgan fingerprint density at radius 1 is 1.19 bits per heavy atom. The predicted octanol–water partition coefficient (Wildman–Crippen LogP) is 5.59. The summed E-state index contributed by atoms with van der Waals surface area (Å²) in [6.07, 6.45) is 5.15. The van der Waals surface area contributed by atoms with Crippen LogP contribution in [0.4, 0.5) is 5.69 Å². The van der Waals surface area contributed by atoms with Crippen molar-refractivity contribution < 1.29 is 9.53 Å². The van der Waals surface area contributed by atoms with E-state index >= 15 is 0 Å². The minimum Gasteiger partial charge on any atom is -0.497 e. The Kier molecular flexibility index (Phi) is 6.75. The fourth-order valence-corrected chi connectivity index (χ4v) is 6.38. The fraction of sp³-hybridized carbons (Fsp3) is 0.345. The molecule has 1 heterocycles. The topological polar surface area (TPSA) is 73.2 Å². The van der Waals surface area contributed by atoms with Gasteiger partial charge >= 0.3 is 0 Å². The highest BCUT2D eigenvalue weighted by Gasteiger charge is 2.44. The molecule has 2 aliphatic rings. The van der Waals surface area contributed by atoms with Crippen LogP contribution in [0, 0.1) is 0 Å². The molecule has 2 aromatic carbocycles. The smallest absolute Gasteiger partial charge is 0.258 e. The molecule has 5 rings (SSSR count). The molecule has 7 heteroatoms. The monoisotopic (exact) mass is 501 g/mol. The number of thioether (sulfide) groups is 1. The number of nitrogens with zero attached hydrogens (tertiary/aromatic N) is 2.